The molecule has 0 heterocycles. The maximum atomic E-state index is 6.03. The van der Waals surface area contributed by atoms with E-state index in [4.69, 9.17) is 5.73 Å². The van der Waals surface area contributed by atoms with Gasteiger partial charge in [-0.25, -0.2) is 4.99 Å². The van der Waals surface area contributed by atoms with Crippen molar-refractivity contribution in [3.63, 3.8) is 0 Å². The van der Waals surface area contributed by atoms with Crippen molar-refractivity contribution in [3.05, 3.63) is 64.7 Å². The van der Waals surface area contributed by atoms with Crippen LogP contribution in [-0.2, 0) is 13.1 Å². The lowest BCUT2D eigenvalue weighted by atomic mass is 10.1. The van der Waals surface area contributed by atoms with Gasteiger partial charge in [-0.05, 0) is 61.3 Å². The van der Waals surface area contributed by atoms with Crippen molar-refractivity contribution in [2.24, 2.45) is 10.7 Å². The molecule has 2 rings (SSSR count). The number of nitrogens with two attached hydrogens (primary N) is 1. The van der Waals surface area contributed by atoms with Crippen molar-refractivity contribution >= 4 is 35.6 Å². The molecule has 2 aromatic rings. The predicted octanol–water partition coefficient (Wildman–Crippen LogP) is 4.69. The number of anilines is 1. The van der Waals surface area contributed by atoms with E-state index < -0.39 is 0 Å². The Balaban J connectivity index is 0.00000338. The van der Waals surface area contributed by atoms with Crippen molar-refractivity contribution < 1.29 is 0 Å². The van der Waals surface area contributed by atoms with E-state index in [-0.39, 0.29) is 24.0 Å². The fourth-order valence-electron chi connectivity index (χ4n) is 2.71. The average molecular weight is 466 g/mol. The molecule has 26 heavy (non-hydrogen) atoms. The lowest BCUT2D eigenvalue weighted by Crippen LogP contribution is -2.23. The first-order valence-corrected chi connectivity index (χ1v) is 8.96. The van der Waals surface area contributed by atoms with E-state index in [0.29, 0.717) is 12.5 Å². The minimum atomic E-state index is 0. The van der Waals surface area contributed by atoms with Gasteiger partial charge in [0.2, 0.25) is 0 Å². The van der Waals surface area contributed by atoms with Gasteiger partial charge in [0.25, 0.3) is 0 Å². The van der Waals surface area contributed by atoms with Crippen molar-refractivity contribution in [2.45, 2.75) is 40.8 Å². The monoisotopic (exact) mass is 466 g/mol. The Labute approximate surface area is 174 Å². The van der Waals surface area contributed by atoms with Gasteiger partial charge in [0.1, 0.15) is 0 Å². The highest BCUT2D eigenvalue weighted by atomic mass is 127. The zero-order valence-electron chi connectivity index (χ0n) is 16.2. The van der Waals surface area contributed by atoms with Crippen molar-refractivity contribution in [2.75, 3.05) is 18.4 Å². The summed E-state index contributed by atoms with van der Waals surface area (Å²) >= 11 is 0. The molecule has 0 bridgehead atoms. The van der Waals surface area contributed by atoms with Crippen LogP contribution in [0, 0.1) is 13.8 Å². The quantitative estimate of drug-likeness (QED) is 0.354. The number of nitrogens with one attached hydrogen (secondary N) is 1. The molecule has 2 aromatic carbocycles. The normalized spacial score (nSPS) is 11.3. The number of hydrogen-bond acceptors (Lipinski definition) is 2. The van der Waals surface area contributed by atoms with Gasteiger partial charge in [-0.2, -0.15) is 0 Å². The van der Waals surface area contributed by atoms with Gasteiger partial charge in [-0.15, -0.1) is 24.0 Å². The molecular formula is C21H31IN4. The minimum Gasteiger partial charge on any atom is -0.370 e. The topological polar surface area (TPSA) is 53.6 Å². The number of benzene rings is 2. The van der Waals surface area contributed by atoms with E-state index in [9.17, 15) is 0 Å². The van der Waals surface area contributed by atoms with E-state index in [1.54, 1.807) is 0 Å². The van der Waals surface area contributed by atoms with Crippen LogP contribution in [0.4, 0.5) is 5.69 Å². The van der Waals surface area contributed by atoms with Crippen LogP contribution in [-0.4, -0.2) is 23.9 Å². The number of rotatable bonds is 7. The van der Waals surface area contributed by atoms with Gasteiger partial charge >= 0.3 is 0 Å². The summed E-state index contributed by atoms with van der Waals surface area (Å²) in [6, 6.07) is 14.8. The summed E-state index contributed by atoms with van der Waals surface area (Å²) < 4.78 is 0. The van der Waals surface area contributed by atoms with Gasteiger partial charge in [-0.3, -0.25) is 4.90 Å². The summed E-state index contributed by atoms with van der Waals surface area (Å²) in [6.45, 7) is 12.2. The number of aliphatic imine (C=N–C) groups is 1. The molecule has 4 nitrogen and oxygen atoms in total. The van der Waals surface area contributed by atoms with Gasteiger partial charge in [0.05, 0.1) is 6.54 Å². The third-order valence-electron chi connectivity index (χ3n) is 4.50. The van der Waals surface area contributed by atoms with Crippen LogP contribution in [0.15, 0.2) is 47.5 Å². The maximum absolute atomic E-state index is 6.03. The molecule has 0 unspecified atom stereocenters. The van der Waals surface area contributed by atoms with E-state index in [0.717, 1.165) is 25.3 Å². The number of guanidine groups is 1. The van der Waals surface area contributed by atoms with Crippen LogP contribution in [0.3, 0.4) is 0 Å². The molecule has 0 amide bonds. The van der Waals surface area contributed by atoms with E-state index in [1.807, 2.05) is 6.07 Å². The van der Waals surface area contributed by atoms with Crippen LogP contribution in [0.2, 0.25) is 0 Å². The Morgan fingerprint density at radius 1 is 1.00 bits per heavy atom. The molecule has 0 aliphatic carbocycles. The van der Waals surface area contributed by atoms with Gasteiger partial charge in [0.15, 0.2) is 5.96 Å². The zero-order valence-corrected chi connectivity index (χ0v) is 18.6. The number of hydrogen-bond donors (Lipinski definition) is 2. The van der Waals surface area contributed by atoms with Crippen LogP contribution < -0.4 is 11.1 Å². The van der Waals surface area contributed by atoms with E-state index in [1.165, 1.54) is 22.3 Å². The van der Waals surface area contributed by atoms with Crippen molar-refractivity contribution in [3.8, 4) is 0 Å². The summed E-state index contributed by atoms with van der Waals surface area (Å²) in [5.74, 6) is 0.442. The highest BCUT2D eigenvalue weighted by molar-refractivity contribution is 14.0. The Bertz CT molecular complexity index is 724. The van der Waals surface area contributed by atoms with E-state index >= 15 is 0 Å². The highest BCUT2D eigenvalue weighted by Gasteiger charge is 2.02. The largest absolute Gasteiger partial charge is 0.370 e. The van der Waals surface area contributed by atoms with Gasteiger partial charge < -0.3 is 11.1 Å². The van der Waals surface area contributed by atoms with Crippen molar-refractivity contribution in [1.29, 1.82) is 0 Å². The lowest BCUT2D eigenvalue weighted by molar-refractivity contribution is 0.296. The van der Waals surface area contributed by atoms with Gasteiger partial charge in [0, 0.05) is 12.2 Å². The molecule has 0 aromatic heterocycles. The minimum absolute atomic E-state index is 0. The molecule has 3 N–H and O–H groups in total. The smallest absolute Gasteiger partial charge is 0.193 e. The maximum Gasteiger partial charge on any atom is 0.193 e. The second-order valence-corrected chi connectivity index (χ2v) is 6.41. The molecule has 0 aliphatic rings. The standard InChI is InChI=1S/C21H30N4.HI/c1-5-25(6-2)15-19-9-7-8-18(13-19)14-23-21(22)24-20-11-10-16(3)17(4)12-20;/h7-13H,5-6,14-15H2,1-4H3,(H3,22,23,24);1H. The SMILES string of the molecule is CCN(CC)Cc1cccc(CN=C(N)Nc2ccc(C)c(C)c2)c1.I. The molecule has 0 saturated carbocycles. The van der Waals surface area contributed by atoms with Gasteiger partial charge in [-0.1, -0.05) is 44.2 Å². The van der Waals surface area contributed by atoms with Crippen LogP contribution >= 0.6 is 24.0 Å². The van der Waals surface area contributed by atoms with E-state index in [2.05, 4.69) is 79.3 Å². The summed E-state index contributed by atoms with van der Waals surface area (Å²) in [5, 5.41) is 3.16. The van der Waals surface area contributed by atoms with Crippen LogP contribution in [0.1, 0.15) is 36.1 Å². The molecule has 0 radical (unpaired) electrons. The number of halogens is 1. The first kappa shape index (κ1) is 22.4. The Morgan fingerprint density at radius 2 is 1.69 bits per heavy atom. The third kappa shape index (κ3) is 6.96. The van der Waals surface area contributed by atoms with Crippen LogP contribution in [0.5, 0.6) is 0 Å². The fourth-order valence-corrected chi connectivity index (χ4v) is 2.71. The molecule has 0 fully saturated rings. The average Bonchev–Trinajstić information content (AvgIpc) is 2.61. The Kier molecular flexibility index (Phi) is 9.65. The zero-order chi connectivity index (χ0) is 18.2. The van der Waals surface area contributed by atoms with Crippen LogP contribution in [0.25, 0.3) is 0 Å². The third-order valence-corrected chi connectivity index (χ3v) is 4.50. The van der Waals surface area contributed by atoms with Crippen molar-refractivity contribution in [1.82, 2.24) is 4.90 Å². The Hall–Kier alpha value is -1.60. The first-order chi connectivity index (χ1) is 12.0. The summed E-state index contributed by atoms with van der Waals surface area (Å²) in [7, 11) is 0. The lowest BCUT2D eigenvalue weighted by Gasteiger charge is -2.18. The summed E-state index contributed by atoms with van der Waals surface area (Å²) in [4.78, 5) is 6.87. The molecule has 142 valence electrons. The summed E-state index contributed by atoms with van der Waals surface area (Å²) in [5.41, 5.74) is 12.0. The summed E-state index contributed by atoms with van der Waals surface area (Å²) in [6.07, 6.45) is 0. The molecule has 5 heteroatoms. The predicted molar refractivity (Wildman–Crippen MR) is 123 cm³/mol. The second-order valence-electron chi connectivity index (χ2n) is 6.41. The highest BCUT2D eigenvalue weighted by Crippen LogP contribution is 2.14. The Morgan fingerprint density at radius 3 is 2.35 bits per heavy atom. The molecular weight excluding hydrogens is 435 g/mol. The second kappa shape index (κ2) is 11.2. The first-order valence-electron chi connectivity index (χ1n) is 8.96. The molecule has 0 aliphatic heterocycles. The molecule has 0 spiro atoms. The number of nitrogens with zero attached hydrogens (tertiary/aromatic N) is 2. The fraction of sp³-hybridized carbons (Fsp3) is 0.381. The molecule has 0 saturated heterocycles. The molecule has 0 atom stereocenters. The number of aryl methyl sites for hydroxylation is 2.